The second kappa shape index (κ2) is 7.91. The van der Waals surface area contributed by atoms with Crippen LogP contribution in [0.5, 0.6) is 0 Å². The minimum absolute atomic E-state index is 0.0296. The zero-order valence-corrected chi connectivity index (χ0v) is 18.9. The molecule has 0 aliphatic carbocycles. The third-order valence-corrected chi connectivity index (χ3v) is 5.52. The fourth-order valence-electron chi connectivity index (χ4n) is 3.32. The number of amides is 1. The third kappa shape index (κ3) is 3.69. The SMILES string of the molecule is NC(=O)c1[nH]c2cc(Br)cc(F)c2c1N.O=c1[nH]c(=O)c2[nH]c3cc(Br)cc(F)c3c2[nH]1. The summed E-state index contributed by atoms with van der Waals surface area (Å²) >= 11 is 6.29. The summed E-state index contributed by atoms with van der Waals surface area (Å²) in [6, 6.07) is 5.81. The molecule has 32 heavy (non-hydrogen) atoms. The predicted molar refractivity (Wildman–Crippen MR) is 124 cm³/mol. The lowest BCUT2D eigenvalue weighted by molar-refractivity contribution is 0.0997. The van der Waals surface area contributed by atoms with Crippen molar-refractivity contribution in [3.05, 3.63) is 71.4 Å². The van der Waals surface area contributed by atoms with Gasteiger partial charge in [-0.2, -0.15) is 0 Å². The lowest BCUT2D eigenvalue weighted by Crippen LogP contribution is -2.21. The van der Waals surface area contributed by atoms with Gasteiger partial charge in [0.05, 0.1) is 33.0 Å². The lowest BCUT2D eigenvalue weighted by atomic mass is 10.2. The van der Waals surface area contributed by atoms with Gasteiger partial charge in [-0.1, -0.05) is 31.9 Å². The van der Waals surface area contributed by atoms with Gasteiger partial charge < -0.3 is 26.4 Å². The standard InChI is InChI=1S/C10H5BrFN3O2.C9H7BrFN3O/c11-3-1-4(12)6-5(2-3)13-8-7(6)14-10(17)15-9(8)16;10-3-1-4(11)6-5(2-3)14-8(7(6)12)9(13)15/h1-2,13H,(H2,14,15,16,17);1-2,14H,12H2,(H2,13,15). The van der Waals surface area contributed by atoms with Crippen molar-refractivity contribution in [3.8, 4) is 0 Å². The maximum Gasteiger partial charge on any atom is 0.326 e. The number of nitrogens with two attached hydrogens (primary N) is 2. The van der Waals surface area contributed by atoms with Gasteiger partial charge in [-0.15, -0.1) is 0 Å². The van der Waals surface area contributed by atoms with E-state index in [-0.39, 0.29) is 33.2 Å². The molecule has 0 radical (unpaired) electrons. The Bertz CT molecular complexity index is 1670. The van der Waals surface area contributed by atoms with Gasteiger partial charge in [0.25, 0.3) is 11.5 Å². The van der Waals surface area contributed by atoms with E-state index in [1.165, 1.54) is 12.1 Å². The summed E-state index contributed by atoms with van der Waals surface area (Å²) in [4.78, 5) is 43.6. The fraction of sp³-hybridized carbons (Fsp3) is 0. The average Bonchev–Trinajstić information content (AvgIpc) is 3.20. The van der Waals surface area contributed by atoms with E-state index in [0.717, 1.165) is 0 Å². The zero-order chi connectivity index (χ0) is 23.3. The normalized spacial score (nSPS) is 11.1. The molecule has 0 fully saturated rings. The molecule has 5 rings (SSSR count). The highest BCUT2D eigenvalue weighted by molar-refractivity contribution is 9.10. The maximum absolute atomic E-state index is 13.8. The molecule has 0 spiro atoms. The van der Waals surface area contributed by atoms with Gasteiger partial charge in [-0.3, -0.25) is 14.6 Å². The summed E-state index contributed by atoms with van der Waals surface area (Å²) in [6.45, 7) is 0. The molecular formula is C19H12Br2F2N6O3. The van der Waals surface area contributed by atoms with Gasteiger partial charge in [-0.05, 0) is 24.3 Å². The first-order valence-electron chi connectivity index (χ1n) is 8.76. The van der Waals surface area contributed by atoms with E-state index < -0.39 is 28.8 Å². The fourth-order valence-corrected chi connectivity index (χ4v) is 4.18. The van der Waals surface area contributed by atoms with E-state index in [4.69, 9.17) is 11.5 Å². The van der Waals surface area contributed by atoms with Crippen LogP contribution < -0.4 is 22.7 Å². The van der Waals surface area contributed by atoms with E-state index in [1.54, 1.807) is 12.1 Å². The summed E-state index contributed by atoms with van der Waals surface area (Å²) in [5, 5.41) is 0.387. The van der Waals surface area contributed by atoms with Gasteiger partial charge in [0, 0.05) is 8.95 Å². The molecule has 0 aliphatic rings. The Morgan fingerprint density at radius 1 is 0.812 bits per heavy atom. The molecule has 9 nitrogen and oxygen atoms in total. The quantitative estimate of drug-likeness (QED) is 0.182. The molecular weight excluding hydrogens is 558 g/mol. The van der Waals surface area contributed by atoms with Crippen molar-refractivity contribution in [2.75, 3.05) is 5.73 Å². The Balaban J connectivity index is 0.000000155. The number of nitrogens with one attached hydrogen (secondary N) is 4. The maximum atomic E-state index is 13.8. The summed E-state index contributed by atoms with van der Waals surface area (Å²) < 4.78 is 28.4. The van der Waals surface area contributed by atoms with Crippen LogP contribution >= 0.6 is 31.9 Å². The third-order valence-electron chi connectivity index (χ3n) is 4.61. The number of primary amides is 1. The first kappa shape index (κ1) is 21.8. The molecule has 13 heteroatoms. The second-order valence-electron chi connectivity index (χ2n) is 6.68. The Morgan fingerprint density at radius 2 is 1.38 bits per heavy atom. The highest BCUT2D eigenvalue weighted by Crippen LogP contribution is 2.30. The number of benzene rings is 2. The van der Waals surface area contributed by atoms with E-state index >= 15 is 0 Å². The first-order chi connectivity index (χ1) is 15.1. The van der Waals surface area contributed by atoms with E-state index in [2.05, 4.69) is 51.8 Å². The van der Waals surface area contributed by atoms with Gasteiger partial charge in [-0.25, -0.2) is 13.6 Å². The summed E-state index contributed by atoms with van der Waals surface area (Å²) in [5.74, 6) is -1.72. The van der Waals surface area contributed by atoms with E-state index in [1.807, 2.05) is 0 Å². The number of aromatic amines is 4. The van der Waals surface area contributed by atoms with E-state index in [9.17, 15) is 23.2 Å². The predicted octanol–water partition coefficient (Wildman–Crippen LogP) is 3.35. The summed E-state index contributed by atoms with van der Waals surface area (Å²) in [6.07, 6.45) is 0. The highest BCUT2D eigenvalue weighted by Gasteiger charge is 2.16. The zero-order valence-electron chi connectivity index (χ0n) is 15.7. The number of H-pyrrole nitrogens is 4. The Kier molecular flexibility index (Phi) is 5.38. The van der Waals surface area contributed by atoms with Crippen molar-refractivity contribution < 1.29 is 13.6 Å². The number of fused-ring (bicyclic) bond motifs is 4. The minimum atomic E-state index is -0.709. The number of carbonyl (C=O) groups excluding carboxylic acids is 1. The molecule has 5 aromatic rings. The van der Waals surface area contributed by atoms with Gasteiger partial charge >= 0.3 is 5.69 Å². The molecule has 0 saturated carbocycles. The molecule has 2 aromatic carbocycles. The molecule has 0 bridgehead atoms. The molecule has 0 saturated heterocycles. The van der Waals surface area contributed by atoms with Crippen LogP contribution in [-0.4, -0.2) is 25.8 Å². The van der Waals surface area contributed by atoms with Crippen LogP contribution in [0.3, 0.4) is 0 Å². The largest absolute Gasteiger partial charge is 0.396 e. The van der Waals surface area contributed by atoms with Crippen molar-refractivity contribution in [3.63, 3.8) is 0 Å². The number of nitrogen functional groups attached to an aromatic ring is 1. The molecule has 3 aromatic heterocycles. The van der Waals surface area contributed by atoms with Crippen molar-refractivity contribution >= 4 is 76.3 Å². The van der Waals surface area contributed by atoms with Crippen molar-refractivity contribution in [2.45, 2.75) is 0 Å². The summed E-state index contributed by atoms with van der Waals surface area (Å²) in [7, 11) is 0. The first-order valence-corrected chi connectivity index (χ1v) is 10.3. The highest BCUT2D eigenvalue weighted by atomic mass is 79.9. The topological polar surface area (TPSA) is 166 Å². The Hall–Kier alpha value is -3.45. The molecule has 0 unspecified atom stereocenters. The molecule has 164 valence electrons. The Labute approximate surface area is 192 Å². The molecule has 0 aliphatic heterocycles. The molecule has 3 heterocycles. The average molecular weight is 570 g/mol. The van der Waals surface area contributed by atoms with Crippen molar-refractivity contribution in [1.82, 2.24) is 19.9 Å². The number of hydrogen-bond acceptors (Lipinski definition) is 4. The van der Waals surface area contributed by atoms with Crippen LogP contribution in [0, 0.1) is 11.6 Å². The number of rotatable bonds is 1. The van der Waals surface area contributed by atoms with Crippen LogP contribution in [0.15, 0.2) is 42.8 Å². The lowest BCUT2D eigenvalue weighted by Gasteiger charge is -1.95. The number of carbonyl (C=O) groups is 1. The monoisotopic (exact) mass is 568 g/mol. The number of hydrogen-bond donors (Lipinski definition) is 6. The molecule has 0 atom stereocenters. The van der Waals surface area contributed by atoms with E-state index in [0.29, 0.717) is 20.0 Å². The molecule has 1 amide bonds. The smallest absolute Gasteiger partial charge is 0.326 e. The van der Waals surface area contributed by atoms with Gasteiger partial charge in [0.1, 0.15) is 22.8 Å². The van der Waals surface area contributed by atoms with Crippen LogP contribution in [0.4, 0.5) is 14.5 Å². The number of aromatic nitrogens is 4. The van der Waals surface area contributed by atoms with Crippen LogP contribution in [-0.2, 0) is 0 Å². The van der Waals surface area contributed by atoms with Crippen LogP contribution in [0.1, 0.15) is 10.5 Å². The summed E-state index contributed by atoms with van der Waals surface area (Å²) in [5.41, 5.74) is 10.7. The van der Waals surface area contributed by atoms with Crippen LogP contribution in [0.2, 0.25) is 0 Å². The van der Waals surface area contributed by atoms with Crippen molar-refractivity contribution in [2.24, 2.45) is 5.73 Å². The van der Waals surface area contributed by atoms with Gasteiger partial charge in [0.2, 0.25) is 0 Å². The van der Waals surface area contributed by atoms with Crippen LogP contribution in [0.25, 0.3) is 32.8 Å². The number of halogens is 4. The molecule has 8 N–H and O–H groups in total. The van der Waals surface area contributed by atoms with Crippen molar-refractivity contribution in [1.29, 1.82) is 0 Å². The minimum Gasteiger partial charge on any atom is -0.396 e. The Morgan fingerprint density at radius 3 is 1.97 bits per heavy atom. The van der Waals surface area contributed by atoms with Gasteiger partial charge in [0.15, 0.2) is 0 Å². The second-order valence-corrected chi connectivity index (χ2v) is 8.51. The number of anilines is 1.